The minimum atomic E-state index is -0.691. The summed E-state index contributed by atoms with van der Waals surface area (Å²) in [7, 11) is 0. The summed E-state index contributed by atoms with van der Waals surface area (Å²) in [6, 6.07) is 5.68. The molecule has 1 fully saturated rings. The number of aromatic hydroxyl groups is 1. The Hall–Kier alpha value is -2.04. The molecule has 5 nitrogen and oxygen atoms in total. The minimum absolute atomic E-state index is 0.0816. The molecule has 1 aliphatic rings. The highest BCUT2D eigenvalue weighted by atomic mass is 16.3. The summed E-state index contributed by atoms with van der Waals surface area (Å²) in [6.07, 6.45) is 0. The number of phenols is 1. The lowest BCUT2D eigenvalue weighted by molar-refractivity contribution is -0.144. The summed E-state index contributed by atoms with van der Waals surface area (Å²) in [4.78, 5) is 25.0. The molecular weight excluding hydrogens is 220 g/mol. The van der Waals surface area contributed by atoms with E-state index in [1.165, 1.54) is 17.0 Å². The van der Waals surface area contributed by atoms with E-state index in [-0.39, 0.29) is 24.1 Å². The molecule has 0 unspecified atom stereocenters. The molecule has 1 aliphatic heterocycles. The van der Waals surface area contributed by atoms with Crippen molar-refractivity contribution in [3.63, 3.8) is 0 Å². The van der Waals surface area contributed by atoms with Gasteiger partial charge in [-0.3, -0.25) is 9.59 Å². The Labute approximate surface area is 99.0 Å². The Morgan fingerprint density at radius 2 is 2.24 bits per heavy atom. The van der Waals surface area contributed by atoms with E-state index in [0.29, 0.717) is 12.1 Å². The fourth-order valence-electron chi connectivity index (χ4n) is 1.90. The molecule has 2 amide bonds. The third-order valence-corrected chi connectivity index (χ3v) is 2.78. The molecule has 1 heterocycles. The van der Waals surface area contributed by atoms with Gasteiger partial charge in [-0.25, -0.2) is 0 Å². The van der Waals surface area contributed by atoms with Gasteiger partial charge in [-0.05, 0) is 24.6 Å². The third-order valence-electron chi connectivity index (χ3n) is 2.78. The first kappa shape index (κ1) is 11.4. The number of nitrogens with one attached hydrogen (secondary N) is 1. The van der Waals surface area contributed by atoms with Gasteiger partial charge in [0.05, 0.1) is 6.54 Å². The van der Waals surface area contributed by atoms with Crippen LogP contribution >= 0.6 is 0 Å². The lowest BCUT2D eigenvalue weighted by Crippen LogP contribution is -2.53. The smallest absolute Gasteiger partial charge is 0.250 e. The molecule has 2 N–H and O–H groups in total. The summed E-state index contributed by atoms with van der Waals surface area (Å²) in [5.41, 5.74) is 0.599. The molecule has 1 aromatic carbocycles. The van der Waals surface area contributed by atoms with E-state index >= 15 is 0 Å². The number of rotatable bonds is 2. The lowest BCUT2D eigenvalue weighted by atomic mass is 10.0. The number of carbonyl (C=O) groups is 2. The monoisotopic (exact) mass is 234 g/mol. The standard InChI is InChI=1S/C12H14N2O3/c1-2-14-7-10(16)13-11(12(14)17)8-4-3-5-9(15)6-8/h3-6,11,15H,2,7H2,1H3,(H,13,16)/t11-/m1/s1. The summed E-state index contributed by atoms with van der Waals surface area (Å²) in [5.74, 6) is -0.240. The second-order valence-electron chi connectivity index (χ2n) is 3.95. The van der Waals surface area contributed by atoms with Gasteiger partial charge in [0.2, 0.25) is 11.8 Å². The molecule has 17 heavy (non-hydrogen) atoms. The summed E-state index contributed by atoms with van der Waals surface area (Å²) < 4.78 is 0. The van der Waals surface area contributed by atoms with Crippen molar-refractivity contribution in [3.05, 3.63) is 29.8 Å². The van der Waals surface area contributed by atoms with E-state index in [0.717, 1.165) is 0 Å². The molecule has 0 radical (unpaired) electrons. The normalized spacial score (nSPS) is 20.3. The van der Waals surface area contributed by atoms with Gasteiger partial charge < -0.3 is 15.3 Å². The highest BCUT2D eigenvalue weighted by molar-refractivity contribution is 5.95. The van der Waals surface area contributed by atoms with Crippen LogP contribution in [0.4, 0.5) is 0 Å². The van der Waals surface area contributed by atoms with Gasteiger partial charge in [0.1, 0.15) is 11.8 Å². The van der Waals surface area contributed by atoms with Crippen LogP contribution in [-0.4, -0.2) is 34.9 Å². The Bertz CT molecular complexity index is 459. The molecule has 0 bridgehead atoms. The zero-order valence-corrected chi connectivity index (χ0v) is 9.51. The van der Waals surface area contributed by atoms with Gasteiger partial charge in [0, 0.05) is 6.54 Å². The third kappa shape index (κ3) is 2.22. The van der Waals surface area contributed by atoms with Gasteiger partial charge in [0.15, 0.2) is 0 Å². The van der Waals surface area contributed by atoms with Gasteiger partial charge >= 0.3 is 0 Å². The molecule has 0 spiro atoms. The lowest BCUT2D eigenvalue weighted by Gasteiger charge is -2.31. The quantitative estimate of drug-likeness (QED) is 0.778. The number of phenolic OH excluding ortho intramolecular Hbond substituents is 1. The van der Waals surface area contributed by atoms with Crippen LogP contribution < -0.4 is 5.32 Å². The summed E-state index contributed by atoms with van der Waals surface area (Å²) in [6.45, 7) is 2.43. The van der Waals surface area contributed by atoms with Crippen LogP contribution in [0.5, 0.6) is 5.75 Å². The van der Waals surface area contributed by atoms with Crippen molar-refractivity contribution in [2.45, 2.75) is 13.0 Å². The van der Waals surface area contributed by atoms with Gasteiger partial charge in [-0.1, -0.05) is 12.1 Å². The SMILES string of the molecule is CCN1CC(=O)N[C@H](c2cccc(O)c2)C1=O. The largest absolute Gasteiger partial charge is 0.508 e. The average molecular weight is 234 g/mol. The molecule has 2 rings (SSSR count). The van der Waals surface area contributed by atoms with Crippen LogP contribution in [0.2, 0.25) is 0 Å². The number of piperazine rings is 1. The molecule has 5 heteroatoms. The van der Waals surface area contributed by atoms with Crippen molar-refractivity contribution in [2.75, 3.05) is 13.1 Å². The molecule has 0 aliphatic carbocycles. The number of hydrogen-bond acceptors (Lipinski definition) is 3. The van der Waals surface area contributed by atoms with Crippen LogP contribution in [0, 0.1) is 0 Å². The maximum atomic E-state index is 12.0. The van der Waals surface area contributed by atoms with E-state index in [2.05, 4.69) is 5.32 Å². The molecule has 0 aromatic heterocycles. The summed E-state index contributed by atoms with van der Waals surface area (Å²) >= 11 is 0. The van der Waals surface area contributed by atoms with Crippen molar-refractivity contribution in [3.8, 4) is 5.75 Å². The molecule has 0 saturated carbocycles. The van der Waals surface area contributed by atoms with Crippen molar-refractivity contribution < 1.29 is 14.7 Å². The Morgan fingerprint density at radius 1 is 1.47 bits per heavy atom. The van der Waals surface area contributed by atoms with Crippen LogP contribution in [0.25, 0.3) is 0 Å². The van der Waals surface area contributed by atoms with Crippen LogP contribution in [0.15, 0.2) is 24.3 Å². The van der Waals surface area contributed by atoms with Gasteiger partial charge in [-0.2, -0.15) is 0 Å². The highest BCUT2D eigenvalue weighted by Gasteiger charge is 2.32. The first-order valence-corrected chi connectivity index (χ1v) is 5.49. The van der Waals surface area contributed by atoms with Crippen molar-refractivity contribution in [1.29, 1.82) is 0 Å². The van der Waals surface area contributed by atoms with E-state index in [9.17, 15) is 14.7 Å². The van der Waals surface area contributed by atoms with E-state index in [1.807, 2.05) is 6.92 Å². The molecule has 1 saturated heterocycles. The second-order valence-corrected chi connectivity index (χ2v) is 3.95. The van der Waals surface area contributed by atoms with Crippen LogP contribution in [-0.2, 0) is 9.59 Å². The number of hydrogen-bond donors (Lipinski definition) is 2. The van der Waals surface area contributed by atoms with Crippen molar-refractivity contribution in [1.82, 2.24) is 10.2 Å². The van der Waals surface area contributed by atoms with Gasteiger partial charge in [-0.15, -0.1) is 0 Å². The maximum absolute atomic E-state index is 12.0. The fraction of sp³-hybridized carbons (Fsp3) is 0.333. The summed E-state index contributed by atoms with van der Waals surface area (Å²) in [5, 5.41) is 12.0. The Kier molecular flexibility index (Phi) is 2.99. The predicted molar refractivity (Wildman–Crippen MR) is 61.2 cm³/mol. The van der Waals surface area contributed by atoms with Crippen molar-refractivity contribution >= 4 is 11.8 Å². The zero-order valence-electron chi connectivity index (χ0n) is 9.51. The van der Waals surface area contributed by atoms with Crippen LogP contribution in [0.3, 0.4) is 0 Å². The highest BCUT2D eigenvalue weighted by Crippen LogP contribution is 2.22. The van der Waals surface area contributed by atoms with E-state index < -0.39 is 6.04 Å². The maximum Gasteiger partial charge on any atom is 0.250 e. The van der Waals surface area contributed by atoms with Crippen molar-refractivity contribution in [2.24, 2.45) is 0 Å². The predicted octanol–water partition coefficient (Wildman–Crippen LogP) is 0.412. The van der Waals surface area contributed by atoms with E-state index in [1.54, 1.807) is 12.1 Å². The molecule has 1 aromatic rings. The minimum Gasteiger partial charge on any atom is -0.508 e. The number of benzene rings is 1. The number of amides is 2. The topological polar surface area (TPSA) is 69.6 Å². The Balaban J connectivity index is 2.30. The average Bonchev–Trinajstić information content (AvgIpc) is 2.31. The number of nitrogens with zero attached hydrogens (tertiary/aromatic N) is 1. The molecular formula is C12H14N2O3. The first-order chi connectivity index (χ1) is 8.11. The first-order valence-electron chi connectivity index (χ1n) is 5.49. The number of likely N-dealkylation sites (N-methyl/N-ethyl adjacent to an activating group) is 1. The number of carbonyl (C=O) groups excluding carboxylic acids is 2. The van der Waals surface area contributed by atoms with Gasteiger partial charge in [0.25, 0.3) is 0 Å². The zero-order chi connectivity index (χ0) is 12.4. The Morgan fingerprint density at radius 3 is 2.88 bits per heavy atom. The molecule has 1 atom stereocenters. The van der Waals surface area contributed by atoms with Crippen LogP contribution in [0.1, 0.15) is 18.5 Å². The fourth-order valence-corrected chi connectivity index (χ4v) is 1.90. The second kappa shape index (κ2) is 4.45. The molecule has 90 valence electrons. The van der Waals surface area contributed by atoms with E-state index in [4.69, 9.17) is 0 Å².